The molecular weight excluding hydrogens is 458 g/mol. The molecule has 8 heteroatoms. The highest BCUT2D eigenvalue weighted by atomic mass is 19.4. The zero-order valence-corrected chi connectivity index (χ0v) is 18.9. The SMILES string of the molecule is C=CCCC1CCC(c2ccc(C(F)(F)OC(C)c3ccc(OC(F)(F)F)c(F)c3)cc2)CC1. The van der Waals surface area contributed by atoms with E-state index in [-0.39, 0.29) is 11.1 Å². The lowest BCUT2D eigenvalue weighted by atomic mass is 9.77. The molecule has 1 aliphatic rings. The molecule has 0 N–H and O–H groups in total. The molecular formula is C26H28F6O2. The van der Waals surface area contributed by atoms with Crippen LogP contribution in [0.1, 0.15) is 74.2 Å². The molecule has 34 heavy (non-hydrogen) atoms. The number of hydrogen-bond acceptors (Lipinski definition) is 2. The summed E-state index contributed by atoms with van der Waals surface area (Å²) in [7, 11) is 0. The zero-order chi connectivity index (χ0) is 24.9. The third-order valence-electron chi connectivity index (χ3n) is 6.32. The van der Waals surface area contributed by atoms with E-state index in [4.69, 9.17) is 4.74 Å². The van der Waals surface area contributed by atoms with Crippen molar-refractivity contribution in [1.29, 1.82) is 0 Å². The number of hydrogen-bond donors (Lipinski definition) is 0. The molecule has 1 saturated carbocycles. The first-order chi connectivity index (χ1) is 16.0. The Morgan fingerprint density at radius 3 is 2.21 bits per heavy atom. The number of alkyl halides is 5. The Morgan fingerprint density at radius 1 is 1.00 bits per heavy atom. The van der Waals surface area contributed by atoms with Gasteiger partial charge in [-0.05, 0) is 80.5 Å². The molecule has 2 aromatic carbocycles. The van der Waals surface area contributed by atoms with Crippen molar-refractivity contribution in [3.63, 3.8) is 0 Å². The maximum atomic E-state index is 14.7. The lowest BCUT2D eigenvalue weighted by Crippen LogP contribution is -2.21. The molecule has 0 bridgehead atoms. The minimum atomic E-state index is -5.06. The number of halogens is 6. The van der Waals surface area contributed by atoms with Crippen LogP contribution in [0.4, 0.5) is 26.3 Å². The first-order valence-corrected chi connectivity index (χ1v) is 11.3. The average Bonchev–Trinajstić information content (AvgIpc) is 2.78. The standard InChI is InChI=1S/C26H28F6O2/c1-3-4-5-18-6-8-19(9-7-18)20-10-13-22(14-11-20)25(28,29)33-17(2)21-12-15-24(23(27)16-21)34-26(30,31)32/h3,10-19H,1,4-9H2,2H3. The van der Waals surface area contributed by atoms with Crippen LogP contribution in [0.5, 0.6) is 5.75 Å². The summed E-state index contributed by atoms with van der Waals surface area (Å²) in [4.78, 5) is 0. The number of allylic oxidation sites excluding steroid dienone is 1. The molecule has 1 unspecified atom stereocenters. The van der Waals surface area contributed by atoms with E-state index in [1.165, 1.54) is 19.1 Å². The molecule has 0 spiro atoms. The van der Waals surface area contributed by atoms with Crippen LogP contribution in [0, 0.1) is 11.7 Å². The van der Waals surface area contributed by atoms with Crippen LogP contribution in [-0.4, -0.2) is 6.36 Å². The van der Waals surface area contributed by atoms with Crippen LogP contribution in [0.15, 0.2) is 55.1 Å². The van der Waals surface area contributed by atoms with E-state index in [0.29, 0.717) is 17.9 Å². The number of rotatable bonds is 9. The minimum Gasteiger partial charge on any atom is -0.403 e. The van der Waals surface area contributed by atoms with Gasteiger partial charge in [0.05, 0.1) is 11.7 Å². The van der Waals surface area contributed by atoms with Crippen molar-refractivity contribution in [3.05, 3.63) is 77.6 Å². The van der Waals surface area contributed by atoms with Gasteiger partial charge in [-0.3, -0.25) is 0 Å². The van der Waals surface area contributed by atoms with Gasteiger partial charge in [-0.15, -0.1) is 19.8 Å². The zero-order valence-electron chi connectivity index (χ0n) is 18.9. The fourth-order valence-electron chi connectivity index (χ4n) is 4.42. The summed E-state index contributed by atoms with van der Waals surface area (Å²) in [5.74, 6) is -1.34. The number of ether oxygens (including phenoxy) is 2. The van der Waals surface area contributed by atoms with Gasteiger partial charge in [-0.2, -0.15) is 8.78 Å². The van der Waals surface area contributed by atoms with Gasteiger partial charge in [0.25, 0.3) is 0 Å². The van der Waals surface area contributed by atoms with Crippen LogP contribution in [-0.2, 0) is 10.8 Å². The normalized spacial score (nSPS) is 20.1. The molecule has 0 heterocycles. The second kappa shape index (κ2) is 10.8. The summed E-state index contributed by atoms with van der Waals surface area (Å²) in [6.07, 6.45) is -1.67. The maximum Gasteiger partial charge on any atom is 0.573 e. The number of benzene rings is 2. The molecule has 1 atom stereocenters. The lowest BCUT2D eigenvalue weighted by molar-refractivity contribution is -0.275. The fourth-order valence-corrected chi connectivity index (χ4v) is 4.42. The monoisotopic (exact) mass is 486 g/mol. The van der Waals surface area contributed by atoms with Gasteiger partial charge < -0.3 is 9.47 Å². The van der Waals surface area contributed by atoms with E-state index in [2.05, 4.69) is 11.3 Å². The first kappa shape index (κ1) is 26.1. The smallest absolute Gasteiger partial charge is 0.403 e. The van der Waals surface area contributed by atoms with Gasteiger partial charge in [0.1, 0.15) is 0 Å². The second-order valence-electron chi connectivity index (χ2n) is 8.72. The Labute approximate surface area is 195 Å². The molecule has 3 rings (SSSR count). The summed E-state index contributed by atoms with van der Waals surface area (Å²) in [5, 5.41) is 0. The van der Waals surface area contributed by atoms with Crippen molar-refractivity contribution in [2.24, 2.45) is 5.92 Å². The van der Waals surface area contributed by atoms with Crippen LogP contribution in [0.25, 0.3) is 0 Å². The molecule has 0 amide bonds. The summed E-state index contributed by atoms with van der Waals surface area (Å²) in [6, 6.07) is 8.51. The van der Waals surface area contributed by atoms with Crippen molar-refractivity contribution in [2.75, 3.05) is 0 Å². The van der Waals surface area contributed by atoms with Gasteiger partial charge in [0, 0.05) is 0 Å². The van der Waals surface area contributed by atoms with Gasteiger partial charge in [-0.25, -0.2) is 4.39 Å². The van der Waals surface area contributed by atoms with Gasteiger partial charge >= 0.3 is 12.5 Å². The molecule has 0 radical (unpaired) electrons. The summed E-state index contributed by atoms with van der Waals surface area (Å²) in [5.41, 5.74) is 0.619. The molecule has 0 aliphatic heterocycles. The third-order valence-corrected chi connectivity index (χ3v) is 6.32. The highest BCUT2D eigenvalue weighted by Gasteiger charge is 2.36. The Hall–Kier alpha value is -2.48. The van der Waals surface area contributed by atoms with E-state index >= 15 is 0 Å². The maximum absolute atomic E-state index is 14.7. The van der Waals surface area contributed by atoms with Gasteiger partial charge in [0.2, 0.25) is 0 Å². The van der Waals surface area contributed by atoms with Crippen molar-refractivity contribution >= 4 is 0 Å². The first-order valence-electron chi connectivity index (χ1n) is 11.3. The van der Waals surface area contributed by atoms with Crippen LogP contribution in [0.3, 0.4) is 0 Å². The van der Waals surface area contributed by atoms with Crippen LogP contribution < -0.4 is 4.74 Å². The Bertz CT molecular complexity index is 947. The topological polar surface area (TPSA) is 18.5 Å². The summed E-state index contributed by atoms with van der Waals surface area (Å²) < 4.78 is 88.7. The van der Waals surface area contributed by atoms with Gasteiger partial charge in [-0.1, -0.05) is 36.4 Å². The van der Waals surface area contributed by atoms with Crippen LogP contribution >= 0.6 is 0 Å². The van der Waals surface area contributed by atoms with Crippen molar-refractivity contribution in [3.8, 4) is 5.75 Å². The van der Waals surface area contributed by atoms with E-state index < -0.39 is 30.1 Å². The quantitative estimate of drug-likeness (QED) is 0.260. The van der Waals surface area contributed by atoms with Gasteiger partial charge in [0.15, 0.2) is 11.6 Å². The highest BCUT2D eigenvalue weighted by Crippen LogP contribution is 2.40. The van der Waals surface area contributed by atoms with E-state index in [0.717, 1.165) is 56.2 Å². The predicted octanol–water partition coefficient (Wildman–Crippen LogP) is 8.79. The molecule has 2 nitrogen and oxygen atoms in total. The Balaban J connectivity index is 1.61. The van der Waals surface area contributed by atoms with Crippen molar-refractivity contribution in [2.45, 2.75) is 69.9 Å². The summed E-state index contributed by atoms with van der Waals surface area (Å²) in [6.45, 7) is 5.03. The largest absolute Gasteiger partial charge is 0.573 e. The molecule has 2 aromatic rings. The van der Waals surface area contributed by atoms with Crippen LogP contribution in [0.2, 0.25) is 0 Å². The average molecular weight is 486 g/mol. The highest BCUT2D eigenvalue weighted by molar-refractivity contribution is 5.31. The molecule has 0 saturated heterocycles. The lowest BCUT2D eigenvalue weighted by Gasteiger charge is -2.29. The minimum absolute atomic E-state index is 0.0449. The molecule has 186 valence electrons. The van der Waals surface area contributed by atoms with E-state index in [1.807, 2.05) is 6.08 Å². The third kappa shape index (κ3) is 7.01. The Morgan fingerprint density at radius 2 is 1.65 bits per heavy atom. The Kier molecular flexibility index (Phi) is 8.34. The molecule has 0 aromatic heterocycles. The fraction of sp³-hybridized carbons (Fsp3) is 0.462. The van der Waals surface area contributed by atoms with E-state index in [1.54, 1.807) is 12.1 Å². The predicted molar refractivity (Wildman–Crippen MR) is 117 cm³/mol. The van der Waals surface area contributed by atoms with Crippen molar-refractivity contribution < 1.29 is 35.8 Å². The second-order valence-corrected chi connectivity index (χ2v) is 8.72. The molecule has 1 fully saturated rings. The summed E-state index contributed by atoms with van der Waals surface area (Å²) >= 11 is 0. The van der Waals surface area contributed by atoms with E-state index in [9.17, 15) is 26.3 Å². The van der Waals surface area contributed by atoms with Crippen molar-refractivity contribution in [1.82, 2.24) is 0 Å². The molecule has 1 aliphatic carbocycles.